The van der Waals surface area contributed by atoms with Crippen molar-refractivity contribution >= 4 is 5.97 Å². The van der Waals surface area contributed by atoms with Crippen molar-refractivity contribution in [1.29, 1.82) is 0 Å². The van der Waals surface area contributed by atoms with Crippen molar-refractivity contribution in [3.8, 4) is 0 Å². The predicted molar refractivity (Wildman–Crippen MR) is 224 cm³/mol. The Hall–Kier alpha value is -1.59. The maximum atomic E-state index is 12.8. The molecule has 1 saturated heterocycles. The van der Waals surface area contributed by atoms with Gasteiger partial charge >= 0.3 is 5.97 Å². The van der Waals surface area contributed by atoms with E-state index >= 15 is 0 Å². The molecule has 322 valence electrons. The fourth-order valence-corrected chi connectivity index (χ4v) is 6.73. The van der Waals surface area contributed by atoms with Crippen LogP contribution in [0.4, 0.5) is 0 Å². The maximum absolute atomic E-state index is 12.8. The molecule has 1 rings (SSSR count). The van der Waals surface area contributed by atoms with Crippen LogP contribution in [-0.4, -0.2) is 89.6 Å². The summed E-state index contributed by atoms with van der Waals surface area (Å²) >= 11 is 0. The minimum absolute atomic E-state index is 0.117. The number of esters is 1. The molecule has 0 aliphatic carbocycles. The van der Waals surface area contributed by atoms with Gasteiger partial charge in [0.05, 0.1) is 19.8 Å². The third-order valence-corrected chi connectivity index (χ3v) is 10.3. The van der Waals surface area contributed by atoms with E-state index in [1.807, 2.05) is 0 Å². The molecule has 0 radical (unpaired) electrons. The van der Waals surface area contributed by atoms with Crippen LogP contribution in [0.5, 0.6) is 0 Å². The normalized spacial score (nSPS) is 21.0. The van der Waals surface area contributed by atoms with E-state index in [1.165, 1.54) is 109 Å². The molecule has 0 spiro atoms. The number of aliphatic hydroxyl groups is 4. The maximum Gasteiger partial charge on any atom is 0.306 e. The van der Waals surface area contributed by atoms with Crippen LogP contribution in [0.1, 0.15) is 187 Å². The summed E-state index contributed by atoms with van der Waals surface area (Å²) in [7, 11) is 0. The highest BCUT2D eigenvalue weighted by molar-refractivity contribution is 5.69. The molecule has 6 atom stereocenters. The largest absolute Gasteiger partial charge is 0.457 e. The molecular formula is C46H84O9. The van der Waals surface area contributed by atoms with Crippen LogP contribution in [-0.2, 0) is 23.7 Å². The van der Waals surface area contributed by atoms with Crippen molar-refractivity contribution in [1.82, 2.24) is 0 Å². The highest BCUT2D eigenvalue weighted by Crippen LogP contribution is 2.22. The lowest BCUT2D eigenvalue weighted by molar-refractivity contribution is -0.305. The Morgan fingerprint density at radius 3 is 1.62 bits per heavy atom. The zero-order chi connectivity index (χ0) is 40.0. The first kappa shape index (κ1) is 51.4. The van der Waals surface area contributed by atoms with Gasteiger partial charge in [-0.25, -0.2) is 0 Å². The predicted octanol–water partition coefficient (Wildman–Crippen LogP) is 9.97. The number of carbonyl (C=O) groups excluding carboxylic acids is 1. The monoisotopic (exact) mass is 781 g/mol. The Balaban J connectivity index is 2.27. The van der Waals surface area contributed by atoms with Crippen molar-refractivity contribution in [3.63, 3.8) is 0 Å². The molecule has 0 aromatic rings. The number of unbranched alkanes of at least 4 members (excludes halogenated alkanes) is 21. The molecule has 0 saturated carbocycles. The second-order valence-corrected chi connectivity index (χ2v) is 15.5. The standard InChI is InChI=1S/C46H84O9/c1-3-5-7-9-11-13-15-17-18-19-20-21-22-23-25-27-29-31-33-35-42(48)54-40(39-53-46-45(51)44(50)43(49)41(37-47)55-46)38-52-36-34-32-30-28-26-24-16-14-12-10-8-6-4-2/h11,13,17-18,20-21,40-41,43-47,49-51H,3-10,12,14-16,19,22-39H2,1-2H3/b13-11-,18-17-,21-20-. The first-order chi connectivity index (χ1) is 26.9. The van der Waals surface area contributed by atoms with Crippen LogP contribution >= 0.6 is 0 Å². The summed E-state index contributed by atoms with van der Waals surface area (Å²) in [6.45, 7) is 4.53. The van der Waals surface area contributed by atoms with Crippen molar-refractivity contribution < 1.29 is 44.2 Å². The average Bonchev–Trinajstić information content (AvgIpc) is 3.18. The fourth-order valence-electron chi connectivity index (χ4n) is 6.73. The van der Waals surface area contributed by atoms with Gasteiger partial charge < -0.3 is 39.4 Å². The molecule has 9 nitrogen and oxygen atoms in total. The Morgan fingerprint density at radius 2 is 1.05 bits per heavy atom. The molecule has 0 aromatic carbocycles. The van der Waals surface area contributed by atoms with E-state index in [2.05, 4.69) is 50.3 Å². The Kier molecular flexibility index (Phi) is 35.5. The van der Waals surface area contributed by atoms with E-state index in [0.29, 0.717) is 13.0 Å². The van der Waals surface area contributed by atoms with Crippen molar-refractivity contribution in [2.24, 2.45) is 0 Å². The number of ether oxygens (including phenoxy) is 4. The van der Waals surface area contributed by atoms with E-state index in [-0.39, 0.29) is 19.2 Å². The van der Waals surface area contributed by atoms with Gasteiger partial charge in [0.1, 0.15) is 30.5 Å². The molecule has 0 aromatic heterocycles. The molecule has 1 aliphatic rings. The molecule has 0 bridgehead atoms. The molecule has 1 heterocycles. The van der Waals surface area contributed by atoms with Gasteiger partial charge in [-0.2, -0.15) is 0 Å². The van der Waals surface area contributed by atoms with Gasteiger partial charge in [0.2, 0.25) is 0 Å². The highest BCUT2D eigenvalue weighted by Gasteiger charge is 2.44. The first-order valence-corrected chi connectivity index (χ1v) is 22.6. The Bertz CT molecular complexity index is 936. The lowest BCUT2D eigenvalue weighted by Crippen LogP contribution is -2.59. The highest BCUT2D eigenvalue weighted by atomic mass is 16.7. The van der Waals surface area contributed by atoms with E-state index in [4.69, 9.17) is 18.9 Å². The van der Waals surface area contributed by atoms with Crippen LogP contribution in [0.3, 0.4) is 0 Å². The van der Waals surface area contributed by atoms with Gasteiger partial charge in [-0.05, 0) is 51.4 Å². The van der Waals surface area contributed by atoms with Gasteiger partial charge in [-0.3, -0.25) is 4.79 Å². The van der Waals surface area contributed by atoms with Crippen LogP contribution in [0.2, 0.25) is 0 Å². The molecule has 1 aliphatic heterocycles. The summed E-state index contributed by atoms with van der Waals surface area (Å²) < 4.78 is 22.8. The quantitative estimate of drug-likeness (QED) is 0.0274. The average molecular weight is 781 g/mol. The first-order valence-electron chi connectivity index (χ1n) is 22.6. The van der Waals surface area contributed by atoms with Crippen molar-refractivity contribution in [3.05, 3.63) is 36.5 Å². The number of rotatable bonds is 38. The topological polar surface area (TPSA) is 135 Å². The molecule has 1 fully saturated rings. The summed E-state index contributed by atoms with van der Waals surface area (Å²) in [5.41, 5.74) is 0. The molecule has 4 N–H and O–H groups in total. The number of carbonyl (C=O) groups is 1. The fraction of sp³-hybridized carbons (Fsp3) is 0.848. The van der Waals surface area contributed by atoms with Crippen LogP contribution in [0.25, 0.3) is 0 Å². The van der Waals surface area contributed by atoms with Crippen molar-refractivity contribution in [2.75, 3.05) is 26.4 Å². The summed E-state index contributed by atoms with van der Waals surface area (Å²) in [5.74, 6) is -0.325. The molecule has 55 heavy (non-hydrogen) atoms. The van der Waals surface area contributed by atoms with E-state index in [1.54, 1.807) is 0 Å². The zero-order valence-corrected chi connectivity index (χ0v) is 35.2. The molecular weight excluding hydrogens is 696 g/mol. The minimum atomic E-state index is -1.54. The summed E-state index contributed by atoms with van der Waals surface area (Å²) in [6.07, 6.45) is 37.3. The minimum Gasteiger partial charge on any atom is -0.457 e. The smallest absolute Gasteiger partial charge is 0.306 e. The lowest BCUT2D eigenvalue weighted by Gasteiger charge is -2.39. The van der Waals surface area contributed by atoms with E-state index in [9.17, 15) is 25.2 Å². The summed E-state index contributed by atoms with van der Waals surface area (Å²) in [5, 5.41) is 40.1. The molecule has 9 heteroatoms. The third-order valence-electron chi connectivity index (χ3n) is 10.3. The summed E-state index contributed by atoms with van der Waals surface area (Å²) in [4.78, 5) is 12.8. The van der Waals surface area contributed by atoms with E-state index < -0.39 is 43.4 Å². The number of hydrogen-bond donors (Lipinski definition) is 4. The van der Waals surface area contributed by atoms with Gasteiger partial charge in [-0.15, -0.1) is 0 Å². The number of hydrogen-bond acceptors (Lipinski definition) is 9. The molecule has 0 amide bonds. The number of aliphatic hydroxyl groups excluding tert-OH is 4. The summed E-state index contributed by atoms with van der Waals surface area (Å²) in [6, 6.07) is 0. The van der Waals surface area contributed by atoms with Crippen LogP contribution in [0, 0.1) is 0 Å². The molecule has 6 unspecified atom stereocenters. The lowest BCUT2D eigenvalue weighted by atomic mass is 9.99. The Labute approximate surface area is 336 Å². The Morgan fingerprint density at radius 1 is 0.582 bits per heavy atom. The number of allylic oxidation sites excluding steroid dienone is 6. The van der Waals surface area contributed by atoms with Crippen LogP contribution in [0.15, 0.2) is 36.5 Å². The van der Waals surface area contributed by atoms with Gasteiger partial charge in [-0.1, -0.05) is 166 Å². The zero-order valence-electron chi connectivity index (χ0n) is 35.2. The third kappa shape index (κ3) is 29.3. The second-order valence-electron chi connectivity index (χ2n) is 15.5. The SMILES string of the molecule is CCCCC/C=C\C/C=C\C/C=C\CCCCCCCCC(=O)OC(COCCCCCCCCCCCCCCC)COC1OC(CO)C(O)C(O)C1O. The van der Waals surface area contributed by atoms with Gasteiger partial charge in [0, 0.05) is 13.0 Å². The van der Waals surface area contributed by atoms with Gasteiger partial charge in [0.15, 0.2) is 6.29 Å². The van der Waals surface area contributed by atoms with Crippen LogP contribution < -0.4 is 0 Å². The second kappa shape index (κ2) is 38.0. The van der Waals surface area contributed by atoms with Crippen molar-refractivity contribution in [2.45, 2.75) is 224 Å². The van der Waals surface area contributed by atoms with Gasteiger partial charge in [0.25, 0.3) is 0 Å². The van der Waals surface area contributed by atoms with E-state index in [0.717, 1.165) is 57.8 Å².